The molecule has 16 heteroatoms. The molecular formula is C15H12ClF4N3O7S. The van der Waals surface area contributed by atoms with Gasteiger partial charge in [0, 0.05) is 18.2 Å². The maximum Gasteiger partial charge on any atom is 0.434 e. The van der Waals surface area contributed by atoms with Gasteiger partial charge in [-0.05, 0) is 6.07 Å². The molecule has 0 fully saturated rings. The monoisotopic (exact) mass is 489 g/mol. The van der Waals surface area contributed by atoms with Crippen molar-refractivity contribution in [3.05, 3.63) is 44.3 Å². The molecule has 0 radical (unpaired) electrons. The molecular weight excluding hydrogens is 478 g/mol. The van der Waals surface area contributed by atoms with Gasteiger partial charge in [-0.2, -0.15) is 26.7 Å². The third-order valence-corrected chi connectivity index (χ3v) is 4.86. The summed E-state index contributed by atoms with van der Waals surface area (Å²) in [6.07, 6.45) is -5.78. The molecule has 0 bridgehead atoms. The fraction of sp³-hybridized carbons (Fsp3) is 0.333. The zero-order chi connectivity index (χ0) is 23.7. The van der Waals surface area contributed by atoms with Crippen molar-refractivity contribution in [1.82, 2.24) is 9.78 Å². The normalized spacial score (nSPS) is 12.1. The van der Waals surface area contributed by atoms with E-state index in [4.69, 9.17) is 16.2 Å². The number of carbonyl (C=O) groups is 1. The molecule has 0 amide bonds. The Bertz CT molecular complexity index is 1150. The number of alkyl halides is 3. The smallest absolute Gasteiger partial charge is 0.434 e. The minimum Gasteiger partial charge on any atom is -0.464 e. The summed E-state index contributed by atoms with van der Waals surface area (Å²) in [4.78, 5) is 22.0. The predicted molar refractivity (Wildman–Crippen MR) is 96.3 cm³/mol. The number of nitro groups is 1. The van der Waals surface area contributed by atoms with Crippen molar-refractivity contribution in [2.45, 2.75) is 12.6 Å². The molecule has 0 aliphatic carbocycles. The molecule has 0 unspecified atom stereocenters. The Balaban J connectivity index is 2.47. The van der Waals surface area contributed by atoms with Gasteiger partial charge in [-0.3, -0.25) is 24.1 Å². The van der Waals surface area contributed by atoms with Crippen LogP contribution in [0.2, 0.25) is 5.02 Å². The number of esters is 1. The SMILES string of the molecule is Cn1nc(-c2cc(CC(=O)OCCS(=O)(=O)O)c([N+](=O)[O-])cc2F)c(Cl)c1C(F)(F)F. The first-order valence-corrected chi connectivity index (χ1v) is 9.98. The van der Waals surface area contributed by atoms with Gasteiger partial charge >= 0.3 is 12.1 Å². The van der Waals surface area contributed by atoms with E-state index in [0.29, 0.717) is 10.7 Å². The minimum absolute atomic E-state index is 0.363. The lowest BCUT2D eigenvalue weighted by Gasteiger charge is -2.08. The van der Waals surface area contributed by atoms with Gasteiger partial charge in [0.25, 0.3) is 15.8 Å². The highest BCUT2D eigenvalue weighted by Crippen LogP contribution is 2.41. The Kier molecular flexibility index (Phi) is 6.92. The van der Waals surface area contributed by atoms with Crippen molar-refractivity contribution in [1.29, 1.82) is 0 Å². The third kappa shape index (κ3) is 5.89. The average Bonchev–Trinajstić information content (AvgIpc) is 2.88. The number of halogens is 5. The highest BCUT2D eigenvalue weighted by Gasteiger charge is 2.39. The fourth-order valence-electron chi connectivity index (χ4n) is 2.55. The summed E-state index contributed by atoms with van der Waals surface area (Å²) in [5, 5.41) is 13.8. The number of aromatic nitrogens is 2. The standard InChI is InChI=1S/C15H12ClF4N3O7S/c1-22-14(15(18,19)20)12(16)13(21-22)8-4-7(10(23(25)26)6-9(8)17)5-11(24)30-2-3-31(27,28)29/h4,6H,2-3,5H2,1H3,(H,27,28,29). The van der Waals surface area contributed by atoms with E-state index in [9.17, 15) is 40.9 Å². The highest BCUT2D eigenvalue weighted by atomic mass is 35.5. The molecule has 1 heterocycles. The summed E-state index contributed by atoms with van der Waals surface area (Å²) in [5.41, 5.74) is -4.01. The van der Waals surface area contributed by atoms with Crippen LogP contribution in [0.5, 0.6) is 0 Å². The number of nitro benzene ring substituents is 1. The van der Waals surface area contributed by atoms with Crippen LogP contribution in [0.25, 0.3) is 11.3 Å². The van der Waals surface area contributed by atoms with Crippen LogP contribution < -0.4 is 0 Å². The largest absolute Gasteiger partial charge is 0.464 e. The van der Waals surface area contributed by atoms with E-state index in [-0.39, 0.29) is 0 Å². The molecule has 0 aliphatic rings. The Hall–Kier alpha value is -2.78. The number of aryl methyl sites for hydroxylation is 1. The molecule has 10 nitrogen and oxygen atoms in total. The van der Waals surface area contributed by atoms with E-state index in [1.807, 2.05) is 0 Å². The summed E-state index contributed by atoms with van der Waals surface area (Å²) in [7, 11) is -3.52. The minimum atomic E-state index is -4.92. The molecule has 1 aromatic carbocycles. The van der Waals surface area contributed by atoms with E-state index in [1.54, 1.807) is 0 Å². The number of hydrogen-bond donors (Lipinski definition) is 1. The molecule has 31 heavy (non-hydrogen) atoms. The Labute approximate surface area is 176 Å². The zero-order valence-electron chi connectivity index (χ0n) is 15.3. The Morgan fingerprint density at radius 1 is 1.39 bits per heavy atom. The van der Waals surface area contributed by atoms with Crippen LogP contribution >= 0.6 is 11.6 Å². The van der Waals surface area contributed by atoms with Crippen molar-refractivity contribution >= 4 is 33.4 Å². The molecule has 0 saturated carbocycles. The van der Waals surface area contributed by atoms with E-state index in [1.165, 1.54) is 0 Å². The molecule has 0 aliphatic heterocycles. The van der Waals surface area contributed by atoms with Crippen molar-refractivity contribution in [2.75, 3.05) is 12.4 Å². The molecule has 1 N–H and O–H groups in total. The third-order valence-electron chi connectivity index (χ3n) is 3.82. The van der Waals surface area contributed by atoms with Crippen molar-refractivity contribution < 1.29 is 45.0 Å². The maximum absolute atomic E-state index is 14.5. The number of carbonyl (C=O) groups excluding carboxylic acids is 1. The number of hydrogen-bond acceptors (Lipinski definition) is 7. The average molecular weight is 490 g/mol. The van der Waals surface area contributed by atoms with Crippen molar-refractivity contribution in [3.8, 4) is 11.3 Å². The van der Waals surface area contributed by atoms with Gasteiger partial charge in [-0.1, -0.05) is 11.6 Å². The highest BCUT2D eigenvalue weighted by molar-refractivity contribution is 7.85. The van der Waals surface area contributed by atoms with Gasteiger partial charge in [-0.25, -0.2) is 4.39 Å². The summed E-state index contributed by atoms with van der Waals surface area (Å²) < 4.78 is 88.5. The fourth-order valence-corrected chi connectivity index (χ4v) is 3.21. The molecule has 0 atom stereocenters. The van der Waals surface area contributed by atoms with Crippen LogP contribution in [0.4, 0.5) is 23.2 Å². The summed E-state index contributed by atoms with van der Waals surface area (Å²) >= 11 is 5.72. The maximum atomic E-state index is 14.5. The second-order valence-electron chi connectivity index (χ2n) is 6.03. The van der Waals surface area contributed by atoms with Gasteiger partial charge < -0.3 is 4.74 Å². The van der Waals surface area contributed by atoms with Crippen molar-refractivity contribution in [3.63, 3.8) is 0 Å². The van der Waals surface area contributed by atoms with E-state index in [2.05, 4.69) is 9.84 Å². The van der Waals surface area contributed by atoms with Crippen LogP contribution in [-0.4, -0.2) is 46.0 Å². The Morgan fingerprint density at radius 2 is 2.00 bits per heavy atom. The predicted octanol–water partition coefficient (Wildman–Crippen LogP) is 2.78. The molecule has 2 rings (SSSR count). The lowest BCUT2D eigenvalue weighted by atomic mass is 10.0. The van der Waals surface area contributed by atoms with Crippen LogP contribution in [0.3, 0.4) is 0 Å². The lowest BCUT2D eigenvalue weighted by Crippen LogP contribution is -2.16. The number of benzene rings is 1. The lowest BCUT2D eigenvalue weighted by molar-refractivity contribution is -0.385. The van der Waals surface area contributed by atoms with Crippen LogP contribution in [0.1, 0.15) is 11.3 Å². The summed E-state index contributed by atoms with van der Waals surface area (Å²) in [6, 6.07) is 1.11. The van der Waals surface area contributed by atoms with Gasteiger partial charge in [0.15, 0.2) is 5.69 Å². The molecule has 0 spiro atoms. The van der Waals surface area contributed by atoms with Crippen LogP contribution in [0.15, 0.2) is 12.1 Å². The molecule has 0 saturated heterocycles. The van der Waals surface area contributed by atoms with Crippen LogP contribution in [-0.2, 0) is 39.3 Å². The summed E-state index contributed by atoms with van der Waals surface area (Å²) in [6.45, 7) is -0.763. The second kappa shape index (κ2) is 8.76. The molecule has 1 aromatic heterocycles. The molecule has 2 aromatic rings. The number of nitrogens with zero attached hydrogens (tertiary/aromatic N) is 3. The van der Waals surface area contributed by atoms with Crippen LogP contribution in [0, 0.1) is 15.9 Å². The summed E-state index contributed by atoms with van der Waals surface area (Å²) in [5.74, 6) is -3.42. The van der Waals surface area contributed by atoms with E-state index in [0.717, 1.165) is 13.1 Å². The second-order valence-corrected chi connectivity index (χ2v) is 7.98. The first-order valence-electron chi connectivity index (χ1n) is 7.99. The van der Waals surface area contributed by atoms with Gasteiger partial charge in [0.1, 0.15) is 23.9 Å². The van der Waals surface area contributed by atoms with Gasteiger partial charge in [0.2, 0.25) is 0 Å². The first-order chi connectivity index (χ1) is 14.1. The van der Waals surface area contributed by atoms with E-state index >= 15 is 0 Å². The van der Waals surface area contributed by atoms with E-state index < -0.39 is 85.0 Å². The first kappa shape index (κ1) is 24.5. The topological polar surface area (TPSA) is 142 Å². The Morgan fingerprint density at radius 3 is 2.48 bits per heavy atom. The van der Waals surface area contributed by atoms with Crippen molar-refractivity contribution in [2.24, 2.45) is 7.05 Å². The van der Waals surface area contributed by atoms with Gasteiger partial charge in [0.05, 0.1) is 22.4 Å². The van der Waals surface area contributed by atoms with Gasteiger partial charge in [-0.15, -0.1) is 0 Å². The zero-order valence-corrected chi connectivity index (χ0v) is 16.9. The quantitative estimate of drug-likeness (QED) is 0.206. The number of ether oxygens (including phenoxy) is 1. The molecule has 170 valence electrons. The number of rotatable bonds is 7.